The van der Waals surface area contributed by atoms with Gasteiger partial charge in [-0.3, -0.25) is 4.99 Å². The molecule has 1 aromatic carbocycles. The van der Waals surface area contributed by atoms with Crippen LogP contribution in [0.2, 0.25) is 0 Å². The molecular formula is C18H27BrIN3O. The van der Waals surface area contributed by atoms with Gasteiger partial charge in [0, 0.05) is 43.2 Å². The van der Waals surface area contributed by atoms with Crippen LogP contribution in [0.25, 0.3) is 0 Å². The lowest BCUT2D eigenvalue weighted by molar-refractivity contribution is 0.0263. The van der Waals surface area contributed by atoms with E-state index < -0.39 is 0 Å². The summed E-state index contributed by atoms with van der Waals surface area (Å²) in [4.78, 5) is 6.86. The molecule has 0 bridgehead atoms. The Morgan fingerprint density at radius 1 is 1.29 bits per heavy atom. The number of aliphatic imine (C=N–C) groups is 1. The maximum Gasteiger partial charge on any atom is 0.193 e. The molecule has 1 N–H and O–H groups in total. The monoisotopic (exact) mass is 507 g/mol. The second-order valence-corrected chi connectivity index (χ2v) is 7.25. The maximum absolute atomic E-state index is 5.73. The first-order valence-corrected chi connectivity index (χ1v) is 9.36. The van der Waals surface area contributed by atoms with Crippen LogP contribution >= 0.6 is 39.9 Å². The summed E-state index contributed by atoms with van der Waals surface area (Å²) >= 11 is 3.50. The van der Waals surface area contributed by atoms with Crippen molar-refractivity contribution >= 4 is 45.9 Å². The summed E-state index contributed by atoms with van der Waals surface area (Å²) in [7, 11) is 1.88. The summed E-state index contributed by atoms with van der Waals surface area (Å²) in [5.74, 6) is 1.66. The summed E-state index contributed by atoms with van der Waals surface area (Å²) in [5.41, 5.74) is 1.41. The van der Waals surface area contributed by atoms with Crippen molar-refractivity contribution in [3.63, 3.8) is 0 Å². The van der Waals surface area contributed by atoms with Gasteiger partial charge in [0.05, 0.1) is 6.10 Å². The van der Waals surface area contributed by atoms with Crippen molar-refractivity contribution in [2.75, 3.05) is 26.7 Å². The van der Waals surface area contributed by atoms with Gasteiger partial charge in [0.25, 0.3) is 0 Å². The average Bonchev–Trinajstić information content (AvgIpc) is 3.34. The number of rotatable bonds is 4. The van der Waals surface area contributed by atoms with Crippen LogP contribution in [0.3, 0.4) is 0 Å². The summed E-state index contributed by atoms with van der Waals surface area (Å²) in [6.45, 7) is 4.94. The molecule has 1 saturated heterocycles. The normalized spacial score (nSPS) is 24.5. The van der Waals surface area contributed by atoms with E-state index >= 15 is 0 Å². The minimum absolute atomic E-state index is 0. The molecule has 0 radical (unpaired) electrons. The molecule has 1 saturated carbocycles. The number of hydrogen-bond donors (Lipinski definition) is 1. The zero-order chi connectivity index (χ0) is 16.2. The van der Waals surface area contributed by atoms with E-state index in [0.29, 0.717) is 18.1 Å². The minimum atomic E-state index is 0. The molecule has 2 atom stereocenters. The highest BCUT2D eigenvalue weighted by atomic mass is 127. The molecular weight excluding hydrogens is 481 g/mol. The largest absolute Gasteiger partial charge is 0.378 e. The molecule has 2 fully saturated rings. The van der Waals surface area contributed by atoms with Crippen molar-refractivity contribution in [2.45, 2.75) is 44.2 Å². The smallest absolute Gasteiger partial charge is 0.193 e. The van der Waals surface area contributed by atoms with Gasteiger partial charge in [0.2, 0.25) is 0 Å². The summed E-state index contributed by atoms with van der Waals surface area (Å²) in [5, 5.41) is 3.64. The van der Waals surface area contributed by atoms with Crippen LogP contribution in [-0.2, 0) is 4.74 Å². The van der Waals surface area contributed by atoms with Crippen molar-refractivity contribution < 1.29 is 4.74 Å². The van der Waals surface area contributed by atoms with Gasteiger partial charge >= 0.3 is 0 Å². The Hall–Kier alpha value is -0.340. The van der Waals surface area contributed by atoms with Crippen LogP contribution in [0, 0.1) is 0 Å². The molecule has 134 valence electrons. The second-order valence-electron chi connectivity index (χ2n) is 6.33. The first kappa shape index (κ1) is 20.0. The van der Waals surface area contributed by atoms with E-state index in [4.69, 9.17) is 4.74 Å². The first-order chi connectivity index (χ1) is 11.2. The lowest BCUT2D eigenvalue weighted by Crippen LogP contribution is -2.47. The van der Waals surface area contributed by atoms with E-state index in [0.717, 1.165) is 43.0 Å². The Morgan fingerprint density at radius 3 is 2.54 bits per heavy atom. The number of piperidine rings is 1. The number of guanidine groups is 1. The van der Waals surface area contributed by atoms with Gasteiger partial charge in [-0.15, -0.1) is 24.0 Å². The summed E-state index contributed by atoms with van der Waals surface area (Å²) in [6, 6.07) is 9.19. The zero-order valence-electron chi connectivity index (χ0n) is 14.4. The Labute approximate surface area is 170 Å². The lowest BCUT2D eigenvalue weighted by Gasteiger charge is -2.34. The molecule has 1 aromatic rings. The molecule has 0 aromatic heterocycles. The SMILES string of the molecule is CCOC1CCN(C(=NC)NC2CC2c2ccc(Br)cc2)CC1.I. The number of halogens is 2. The fraction of sp³-hybridized carbons (Fsp3) is 0.611. The van der Waals surface area contributed by atoms with Crippen molar-refractivity contribution in [1.29, 1.82) is 0 Å². The molecule has 1 aliphatic heterocycles. The van der Waals surface area contributed by atoms with Crippen LogP contribution in [0.5, 0.6) is 0 Å². The minimum Gasteiger partial charge on any atom is -0.378 e. The first-order valence-electron chi connectivity index (χ1n) is 8.56. The lowest BCUT2D eigenvalue weighted by atomic mass is 10.1. The standard InChI is InChI=1S/C18H26BrN3O.HI/c1-3-23-15-8-10-22(11-9-15)18(20-2)21-17-12-16(17)13-4-6-14(19)7-5-13;/h4-7,15-17H,3,8-12H2,1-2H3,(H,20,21);1H. The van der Waals surface area contributed by atoms with Crippen LogP contribution in [-0.4, -0.2) is 49.7 Å². The number of benzene rings is 1. The molecule has 1 heterocycles. The molecule has 0 amide bonds. The summed E-state index contributed by atoms with van der Waals surface area (Å²) < 4.78 is 6.87. The predicted molar refractivity (Wildman–Crippen MR) is 113 cm³/mol. The summed E-state index contributed by atoms with van der Waals surface area (Å²) in [6.07, 6.45) is 3.80. The number of likely N-dealkylation sites (tertiary alicyclic amines) is 1. The van der Waals surface area contributed by atoms with E-state index in [1.165, 1.54) is 12.0 Å². The van der Waals surface area contributed by atoms with Crippen molar-refractivity contribution in [3.8, 4) is 0 Å². The molecule has 24 heavy (non-hydrogen) atoms. The van der Waals surface area contributed by atoms with Gasteiger partial charge in [-0.25, -0.2) is 0 Å². The van der Waals surface area contributed by atoms with Gasteiger partial charge in [-0.2, -0.15) is 0 Å². The van der Waals surface area contributed by atoms with Gasteiger partial charge in [0.1, 0.15) is 0 Å². The van der Waals surface area contributed by atoms with E-state index in [9.17, 15) is 0 Å². The number of hydrogen-bond acceptors (Lipinski definition) is 2. The van der Waals surface area contributed by atoms with Crippen LogP contribution < -0.4 is 5.32 Å². The third-order valence-corrected chi connectivity index (χ3v) is 5.29. The highest BCUT2D eigenvalue weighted by molar-refractivity contribution is 14.0. The second kappa shape index (κ2) is 9.38. The van der Waals surface area contributed by atoms with E-state index in [2.05, 4.69) is 62.3 Å². The van der Waals surface area contributed by atoms with Gasteiger partial charge in [0.15, 0.2) is 5.96 Å². The van der Waals surface area contributed by atoms with Crippen molar-refractivity contribution in [3.05, 3.63) is 34.3 Å². The molecule has 4 nitrogen and oxygen atoms in total. The Bertz CT molecular complexity index is 544. The molecule has 0 spiro atoms. The molecule has 6 heteroatoms. The molecule has 1 aliphatic carbocycles. The quantitative estimate of drug-likeness (QED) is 0.380. The van der Waals surface area contributed by atoms with Crippen LogP contribution in [0.1, 0.15) is 37.7 Å². The molecule has 3 rings (SSSR count). The molecule has 2 aliphatic rings. The van der Waals surface area contributed by atoms with E-state index in [-0.39, 0.29) is 24.0 Å². The Balaban J connectivity index is 0.00000208. The van der Waals surface area contributed by atoms with Gasteiger partial charge in [-0.1, -0.05) is 28.1 Å². The van der Waals surface area contributed by atoms with Crippen molar-refractivity contribution in [2.24, 2.45) is 4.99 Å². The van der Waals surface area contributed by atoms with Gasteiger partial charge in [-0.05, 0) is 43.9 Å². The average molecular weight is 508 g/mol. The van der Waals surface area contributed by atoms with Crippen LogP contribution in [0.15, 0.2) is 33.7 Å². The maximum atomic E-state index is 5.73. The third kappa shape index (κ3) is 5.08. The highest BCUT2D eigenvalue weighted by Crippen LogP contribution is 2.41. The topological polar surface area (TPSA) is 36.9 Å². The number of ether oxygens (including phenoxy) is 1. The van der Waals surface area contributed by atoms with E-state index in [1.54, 1.807) is 0 Å². The molecule has 2 unspecified atom stereocenters. The fourth-order valence-corrected chi connectivity index (χ4v) is 3.63. The van der Waals surface area contributed by atoms with Crippen molar-refractivity contribution in [1.82, 2.24) is 10.2 Å². The highest BCUT2D eigenvalue weighted by Gasteiger charge is 2.39. The Morgan fingerprint density at radius 2 is 1.96 bits per heavy atom. The zero-order valence-corrected chi connectivity index (χ0v) is 18.3. The number of nitrogens with zero attached hydrogens (tertiary/aromatic N) is 2. The number of nitrogens with one attached hydrogen (secondary N) is 1. The third-order valence-electron chi connectivity index (χ3n) is 4.76. The van der Waals surface area contributed by atoms with Gasteiger partial charge < -0.3 is 15.0 Å². The fourth-order valence-electron chi connectivity index (χ4n) is 3.37. The predicted octanol–water partition coefficient (Wildman–Crippen LogP) is 4.00. The van der Waals surface area contributed by atoms with E-state index in [1.807, 2.05) is 7.05 Å². The van der Waals surface area contributed by atoms with Crippen LogP contribution in [0.4, 0.5) is 0 Å². The Kier molecular flexibility index (Phi) is 7.81.